The van der Waals surface area contributed by atoms with Crippen LogP contribution in [0.4, 0.5) is 4.79 Å². The number of aromatic nitrogens is 2. The minimum Gasteiger partial charge on any atom is -0.331 e. The molecule has 2 heterocycles. The van der Waals surface area contributed by atoms with Crippen LogP contribution in [0.3, 0.4) is 0 Å². The van der Waals surface area contributed by atoms with E-state index in [0.717, 1.165) is 63.1 Å². The Morgan fingerprint density at radius 3 is 2.57 bits per heavy atom. The van der Waals surface area contributed by atoms with Crippen LogP contribution in [0.1, 0.15) is 69.8 Å². The molecule has 0 saturated carbocycles. The lowest BCUT2D eigenvalue weighted by Gasteiger charge is -2.50. The Kier molecular flexibility index (Phi) is 5.36. The number of amides is 2. The number of hydrogen-bond acceptors (Lipinski definition) is 2. The fraction of sp³-hybridized carbons (Fsp3) is 0.680. The second-order valence-electron chi connectivity index (χ2n) is 10.4. The van der Waals surface area contributed by atoms with E-state index in [9.17, 15) is 4.79 Å². The van der Waals surface area contributed by atoms with Crippen molar-refractivity contribution in [2.24, 2.45) is 12.5 Å². The minimum absolute atomic E-state index is 0.0172. The molecule has 1 atom stereocenters. The standard InChI is InChI=1S/C25H38N4O/c1-18-26-21-16-19-10-11-24(2,3)25(4,20(19)17-22(21)28(18)6)12-15-27(5)23(30)29-13-8-7-9-14-29/h16-17H,7-15H2,1-6H3/t25-/m0/s1. The average Bonchev–Trinajstić information content (AvgIpc) is 3.01. The third-order valence-corrected chi connectivity index (χ3v) is 8.34. The number of carbonyl (C=O) groups is 1. The van der Waals surface area contributed by atoms with Gasteiger partial charge in [0.15, 0.2) is 0 Å². The first-order valence-electron chi connectivity index (χ1n) is 11.6. The summed E-state index contributed by atoms with van der Waals surface area (Å²) in [5.41, 5.74) is 5.40. The summed E-state index contributed by atoms with van der Waals surface area (Å²) in [5.74, 6) is 1.06. The Bertz CT molecular complexity index is 954. The molecule has 1 saturated heterocycles. The van der Waals surface area contributed by atoms with E-state index < -0.39 is 0 Å². The van der Waals surface area contributed by atoms with E-state index in [0.29, 0.717) is 0 Å². The summed E-state index contributed by atoms with van der Waals surface area (Å²) >= 11 is 0. The predicted octanol–water partition coefficient (Wildman–Crippen LogP) is 5.04. The van der Waals surface area contributed by atoms with Crippen molar-refractivity contribution in [1.29, 1.82) is 0 Å². The monoisotopic (exact) mass is 410 g/mol. The molecule has 164 valence electrons. The van der Waals surface area contributed by atoms with Crippen LogP contribution in [0.2, 0.25) is 0 Å². The van der Waals surface area contributed by atoms with Gasteiger partial charge < -0.3 is 14.4 Å². The van der Waals surface area contributed by atoms with Crippen LogP contribution < -0.4 is 0 Å². The molecule has 1 aromatic heterocycles. The summed E-state index contributed by atoms with van der Waals surface area (Å²) in [6, 6.07) is 4.90. The maximum absolute atomic E-state index is 12.9. The maximum Gasteiger partial charge on any atom is 0.319 e. The minimum atomic E-state index is 0.0172. The van der Waals surface area contributed by atoms with Crippen molar-refractivity contribution in [3.8, 4) is 0 Å². The van der Waals surface area contributed by atoms with Crippen LogP contribution in [-0.4, -0.2) is 52.1 Å². The van der Waals surface area contributed by atoms with Crippen molar-refractivity contribution in [3.63, 3.8) is 0 Å². The van der Waals surface area contributed by atoms with Crippen molar-refractivity contribution < 1.29 is 4.79 Å². The van der Waals surface area contributed by atoms with Gasteiger partial charge in [-0.3, -0.25) is 0 Å². The lowest BCUT2D eigenvalue weighted by atomic mass is 9.55. The summed E-state index contributed by atoms with van der Waals surface area (Å²) in [4.78, 5) is 21.7. The van der Waals surface area contributed by atoms with Crippen molar-refractivity contribution in [2.75, 3.05) is 26.7 Å². The van der Waals surface area contributed by atoms with Gasteiger partial charge in [0.1, 0.15) is 5.82 Å². The van der Waals surface area contributed by atoms with Crippen LogP contribution in [0.5, 0.6) is 0 Å². The molecule has 1 aliphatic heterocycles. The van der Waals surface area contributed by atoms with Gasteiger partial charge in [0.2, 0.25) is 0 Å². The molecule has 0 radical (unpaired) electrons. The quantitative estimate of drug-likeness (QED) is 0.711. The molecule has 30 heavy (non-hydrogen) atoms. The van der Waals surface area contributed by atoms with Crippen LogP contribution in [0.25, 0.3) is 11.0 Å². The van der Waals surface area contributed by atoms with Gasteiger partial charge in [0.05, 0.1) is 11.0 Å². The molecule has 0 bridgehead atoms. The summed E-state index contributed by atoms with van der Waals surface area (Å²) in [7, 11) is 4.08. The van der Waals surface area contributed by atoms with Crippen LogP contribution in [0, 0.1) is 12.3 Å². The molecule has 0 spiro atoms. The summed E-state index contributed by atoms with van der Waals surface area (Å²) in [6.45, 7) is 11.9. The number of likely N-dealkylation sites (tertiary alicyclic amines) is 1. The smallest absolute Gasteiger partial charge is 0.319 e. The number of hydrogen-bond donors (Lipinski definition) is 0. The molecular formula is C25H38N4O. The lowest BCUT2D eigenvalue weighted by molar-refractivity contribution is 0.114. The van der Waals surface area contributed by atoms with Crippen LogP contribution in [0.15, 0.2) is 12.1 Å². The Labute approximate surface area is 181 Å². The number of imidazole rings is 1. The highest BCUT2D eigenvalue weighted by molar-refractivity contribution is 5.79. The zero-order valence-corrected chi connectivity index (χ0v) is 19.7. The summed E-state index contributed by atoms with van der Waals surface area (Å²) < 4.78 is 2.20. The molecule has 1 aromatic carbocycles. The van der Waals surface area contributed by atoms with Crippen LogP contribution >= 0.6 is 0 Å². The molecule has 5 heteroatoms. The summed E-state index contributed by atoms with van der Waals surface area (Å²) in [6.07, 6.45) is 6.77. The first-order valence-corrected chi connectivity index (χ1v) is 11.6. The highest BCUT2D eigenvalue weighted by Crippen LogP contribution is 2.52. The zero-order valence-electron chi connectivity index (χ0n) is 19.7. The van der Waals surface area contributed by atoms with Gasteiger partial charge in [0.25, 0.3) is 0 Å². The van der Waals surface area contributed by atoms with Crippen molar-refractivity contribution >= 4 is 17.1 Å². The van der Waals surface area contributed by atoms with E-state index in [4.69, 9.17) is 4.98 Å². The average molecular weight is 411 g/mol. The fourth-order valence-electron chi connectivity index (χ4n) is 5.50. The third kappa shape index (κ3) is 3.40. The zero-order chi connectivity index (χ0) is 21.7. The molecule has 2 aliphatic rings. The normalized spacial score (nSPS) is 23.5. The number of piperidine rings is 1. The number of urea groups is 1. The van der Waals surface area contributed by atoms with E-state index >= 15 is 0 Å². The highest BCUT2D eigenvalue weighted by atomic mass is 16.2. The van der Waals surface area contributed by atoms with E-state index in [2.05, 4.69) is 51.4 Å². The van der Waals surface area contributed by atoms with Crippen molar-refractivity contribution in [3.05, 3.63) is 29.1 Å². The number of carbonyl (C=O) groups excluding carboxylic acids is 1. The van der Waals surface area contributed by atoms with Gasteiger partial charge >= 0.3 is 6.03 Å². The Hall–Kier alpha value is -2.04. The van der Waals surface area contributed by atoms with Crippen LogP contribution in [-0.2, 0) is 18.9 Å². The van der Waals surface area contributed by atoms with Gasteiger partial charge in [-0.2, -0.15) is 0 Å². The molecule has 1 aliphatic carbocycles. The largest absolute Gasteiger partial charge is 0.331 e. The topological polar surface area (TPSA) is 41.4 Å². The van der Waals surface area contributed by atoms with Gasteiger partial charge in [-0.05, 0) is 79.5 Å². The third-order valence-electron chi connectivity index (χ3n) is 8.34. The lowest BCUT2D eigenvalue weighted by Crippen LogP contribution is -2.48. The van der Waals surface area contributed by atoms with E-state index in [-0.39, 0.29) is 16.9 Å². The Balaban J connectivity index is 1.62. The Morgan fingerprint density at radius 1 is 1.17 bits per heavy atom. The molecular weight excluding hydrogens is 372 g/mol. The predicted molar refractivity (Wildman–Crippen MR) is 123 cm³/mol. The van der Waals surface area contributed by atoms with Crippen molar-refractivity contribution in [1.82, 2.24) is 19.4 Å². The second-order valence-corrected chi connectivity index (χ2v) is 10.4. The number of nitrogens with zero attached hydrogens (tertiary/aromatic N) is 4. The first kappa shape index (κ1) is 21.2. The number of benzene rings is 1. The molecule has 2 aromatic rings. The SMILES string of the molecule is Cc1nc2cc3c(cc2n1C)[C@](C)(CCN(C)C(=O)N1CCCCC1)C(C)(C)CC3. The molecule has 1 fully saturated rings. The second kappa shape index (κ2) is 7.58. The fourth-order valence-corrected chi connectivity index (χ4v) is 5.50. The molecule has 2 amide bonds. The van der Waals surface area contributed by atoms with E-state index in [1.165, 1.54) is 23.1 Å². The number of fused-ring (bicyclic) bond motifs is 2. The number of aryl methyl sites for hydroxylation is 3. The van der Waals surface area contributed by atoms with E-state index in [1.54, 1.807) is 0 Å². The molecule has 5 nitrogen and oxygen atoms in total. The van der Waals surface area contributed by atoms with Gasteiger partial charge in [-0.15, -0.1) is 0 Å². The van der Waals surface area contributed by atoms with E-state index in [1.807, 2.05) is 16.8 Å². The van der Waals surface area contributed by atoms with Crippen molar-refractivity contribution in [2.45, 2.75) is 71.6 Å². The van der Waals surface area contributed by atoms with Gasteiger partial charge in [0, 0.05) is 33.7 Å². The number of rotatable bonds is 3. The first-order chi connectivity index (χ1) is 14.1. The van der Waals surface area contributed by atoms with Gasteiger partial charge in [-0.1, -0.05) is 20.8 Å². The molecule has 4 rings (SSSR count). The Morgan fingerprint density at radius 2 is 1.87 bits per heavy atom. The highest BCUT2D eigenvalue weighted by Gasteiger charge is 2.46. The summed E-state index contributed by atoms with van der Waals surface area (Å²) in [5, 5.41) is 0. The van der Waals surface area contributed by atoms with Gasteiger partial charge in [-0.25, -0.2) is 9.78 Å². The maximum atomic E-state index is 12.9. The molecule has 0 unspecified atom stereocenters. The molecule has 0 N–H and O–H groups in total.